The second-order valence-corrected chi connectivity index (χ2v) is 5.97. The minimum atomic E-state index is -0.241. The molecule has 120 valence electrons. The fourth-order valence-corrected chi connectivity index (χ4v) is 3.45. The highest BCUT2D eigenvalue weighted by Crippen LogP contribution is 2.33. The first kappa shape index (κ1) is 14.5. The first-order valence-corrected chi connectivity index (χ1v) is 7.98. The van der Waals surface area contributed by atoms with Crippen LogP contribution in [-0.4, -0.2) is 22.2 Å². The lowest BCUT2D eigenvalue weighted by atomic mass is 10.1. The summed E-state index contributed by atoms with van der Waals surface area (Å²) in [6.45, 7) is 0. The lowest BCUT2D eigenvalue weighted by Crippen LogP contribution is -2.09. The van der Waals surface area contributed by atoms with Gasteiger partial charge < -0.3 is 19.2 Å². The third-order valence-corrected chi connectivity index (χ3v) is 4.56. The van der Waals surface area contributed by atoms with Crippen LogP contribution in [0.3, 0.4) is 0 Å². The predicted molar refractivity (Wildman–Crippen MR) is 91.6 cm³/mol. The summed E-state index contributed by atoms with van der Waals surface area (Å²) in [7, 11) is 1.47. The number of thiophene rings is 1. The van der Waals surface area contributed by atoms with Crippen molar-refractivity contribution in [2.75, 3.05) is 7.11 Å². The van der Waals surface area contributed by atoms with Gasteiger partial charge in [0.2, 0.25) is 0 Å². The van der Waals surface area contributed by atoms with Crippen molar-refractivity contribution in [3.63, 3.8) is 0 Å². The molecule has 4 rings (SSSR count). The second-order valence-electron chi connectivity index (χ2n) is 5.11. The Morgan fingerprint density at radius 1 is 1.33 bits per heavy atom. The molecule has 24 heavy (non-hydrogen) atoms. The maximum Gasteiger partial charge on any atom is 0.260 e. The van der Waals surface area contributed by atoms with E-state index in [1.54, 1.807) is 30.5 Å². The molecule has 3 heterocycles. The van der Waals surface area contributed by atoms with Gasteiger partial charge in [-0.3, -0.25) is 4.79 Å². The first-order chi connectivity index (χ1) is 11.7. The van der Waals surface area contributed by atoms with E-state index in [4.69, 9.17) is 9.15 Å². The molecule has 0 spiro atoms. The van der Waals surface area contributed by atoms with Crippen molar-refractivity contribution in [1.29, 1.82) is 0 Å². The molecule has 3 aromatic heterocycles. The van der Waals surface area contributed by atoms with E-state index in [-0.39, 0.29) is 11.3 Å². The molecule has 4 aromatic rings. The number of H-pyrrole nitrogens is 1. The number of fused-ring (bicyclic) bond motifs is 1. The zero-order valence-corrected chi connectivity index (χ0v) is 13.4. The molecule has 6 nitrogen and oxygen atoms in total. The average molecular weight is 340 g/mol. The number of phenolic OH excluding ortho intramolecular Hbond substituents is 1. The molecule has 0 atom stereocenters. The highest BCUT2D eigenvalue weighted by atomic mass is 32.1. The molecule has 0 saturated carbocycles. The van der Waals surface area contributed by atoms with E-state index in [1.807, 2.05) is 5.38 Å². The van der Waals surface area contributed by atoms with Crippen molar-refractivity contribution in [1.82, 2.24) is 9.97 Å². The second kappa shape index (κ2) is 5.54. The van der Waals surface area contributed by atoms with Gasteiger partial charge in [-0.15, -0.1) is 11.3 Å². The zero-order chi connectivity index (χ0) is 16.7. The Kier molecular flexibility index (Phi) is 3.35. The van der Waals surface area contributed by atoms with Crippen molar-refractivity contribution in [2.45, 2.75) is 0 Å². The van der Waals surface area contributed by atoms with Crippen molar-refractivity contribution in [3.05, 3.63) is 52.3 Å². The Labute approximate surface area is 140 Å². The SMILES string of the molecule is COc1cc(-c2nc3scc(-c4ccco4)c3c(=O)[nH]2)ccc1O. The summed E-state index contributed by atoms with van der Waals surface area (Å²) >= 11 is 1.38. The molecule has 0 saturated heterocycles. The van der Waals surface area contributed by atoms with Crippen molar-refractivity contribution in [3.8, 4) is 34.2 Å². The number of aromatic hydroxyl groups is 1. The molecule has 2 N–H and O–H groups in total. The standard InChI is InChI=1S/C17H12N2O4S/c1-22-13-7-9(4-5-11(13)20)15-18-16(21)14-10(8-24-17(14)19-15)12-3-2-6-23-12/h2-8,20H,1H3,(H,18,19,21). The number of nitrogens with one attached hydrogen (secondary N) is 1. The van der Waals surface area contributed by atoms with Crippen LogP contribution in [0, 0.1) is 0 Å². The predicted octanol–water partition coefficient (Wildman–Crippen LogP) is 3.63. The molecular weight excluding hydrogens is 328 g/mol. The fraction of sp³-hybridized carbons (Fsp3) is 0.0588. The summed E-state index contributed by atoms with van der Waals surface area (Å²) < 4.78 is 10.5. The van der Waals surface area contributed by atoms with Crippen LogP contribution < -0.4 is 10.3 Å². The number of ether oxygens (including phenoxy) is 1. The Morgan fingerprint density at radius 2 is 2.21 bits per heavy atom. The monoisotopic (exact) mass is 340 g/mol. The third-order valence-electron chi connectivity index (χ3n) is 3.68. The minimum Gasteiger partial charge on any atom is -0.504 e. The number of hydrogen-bond acceptors (Lipinski definition) is 6. The van der Waals surface area contributed by atoms with Crippen molar-refractivity contribution in [2.24, 2.45) is 0 Å². The number of phenols is 1. The van der Waals surface area contributed by atoms with E-state index in [1.165, 1.54) is 24.5 Å². The van der Waals surface area contributed by atoms with Crippen LogP contribution in [0.5, 0.6) is 11.5 Å². The number of aromatic amines is 1. The van der Waals surface area contributed by atoms with E-state index < -0.39 is 0 Å². The van der Waals surface area contributed by atoms with Gasteiger partial charge in [-0.05, 0) is 30.3 Å². The topological polar surface area (TPSA) is 88.4 Å². The number of hydrogen-bond donors (Lipinski definition) is 2. The van der Waals surface area contributed by atoms with Crippen LogP contribution in [0.4, 0.5) is 0 Å². The van der Waals surface area contributed by atoms with Crippen molar-refractivity contribution >= 4 is 21.6 Å². The van der Waals surface area contributed by atoms with E-state index in [9.17, 15) is 9.90 Å². The van der Waals surface area contributed by atoms with Gasteiger partial charge in [-0.1, -0.05) is 0 Å². The average Bonchev–Trinajstić information content (AvgIpc) is 3.24. The minimum absolute atomic E-state index is 0.0286. The normalized spacial score (nSPS) is 11.0. The maximum absolute atomic E-state index is 12.6. The van der Waals surface area contributed by atoms with Gasteiger partial charge in [0.1, 0.15) is 16.4 Å². The van der Waals surface area contributed by atoms with Crippen LogP contribution in [0.15, 0.2) is 51.2 Å². The lowest BCUT2D eigenvalue weighted by Gasteiger charge is -2.06. The Morgan fingerprint density at radius 3 is 2.96 bits per heavy atom. The summed E-state index contributed by atoms with van der Waals surface area (Å²) in [5, 5.41) is 12.0. The molecular formula is C17H12N2O4S. The summed E-state index contributed by atoms with van der Waals surface area (Å²) in [6, 6.07) is 8.38. The molecule has 7 heteroatoms. The highest BCUT2D eigenvalue weighted by Gasteiger charge is 2.15. The van der Waals surface area contributed by atoms with Gasteiger partial charge in [0, 0.05) is 16.5 Å². The molecule has 0 amide bonds. The van der Waals surface area contributed by atoms with Crippen LogP contribution in [0.2, 0.25) is 0 Å². The van der Waals surface area contributed by atoms with Crippen LogP contribution >= 0.6 is 11.3 Å². The first-order valence-electron chi connectivity index (χ1n) is 7.10. The summed E-state index contributed by atoms with van der Waals surface area (Å²) in [5.41, 5.74) is 1.13. The van der Waals surface area contributed by atoms with Crippen LogP contribution in [-0.2, 0) is 0 Å². The number of nitrogens with zero attached hydrogens (tertiary/aromatic N) is 1. The van der Waals surface area contributed by atoms with Gasteiger partial charge in [-0.25, -0.2) is 4.98 Å². The fourth-order valence-electron chi connectivity index (χ4n) is 2.52. The van der Waals surface area contributed by atoms with Gasteiger partial charge in [0.05, 0.1) is 18.8 Å². The van der Waals surface area contributed by atoms with Crippen molar-refractivity contribution < 1.29 is 14.3 Å². The molecule has 0 aliphatic rings. The largest absolute Gasteiger partial charge is 0.504 e. The third kappa shape index (κ3) is 2.26. The molecule has 0 radical (unpaired) electrons. The Hall–Kier alpha value is -3.06. The maximum atomic E-state index is 12.6. The van der Waals surface area contributed by atoms with E-state index >= 15 is 0 Å². The van der Waals surface area contributed by atoms with E-state index in [2.05, 4.69) is 9.97 Å². The van der Waals surface area contributed by atoms with Gasteiger partial charge in [0.15, 0.2) is 11.5 Å². The van der Waals surface area contributed by atoms with E-state index in [0.717, 1.165) is 5.56 Å². The Balaban J connectivity index is 1.89. The van der Waals surface area contributed by atoms with Gasteiger partial charge in [0.25, 0.3) is 5.56 Å². The highest BCUT2D eigenvalue weighted by molar-refractivity contribution is 7.17. The van der Waals surface area contributed by atoms with Gasteiger partial charge >= 0.3 is 0 Å². The smallest absolute Gasteiger partial charge is 0.260 e. The molecule has 1 aromatic carbocycles. The summed E-state index contributed by atoms with van der Waals surface area (Å²) in [6.07, 6.45) is 1.57. The molecule has 0 aliphatic heterocycles. The van der Waals surface area contributed by atoms with E-state index in [0.29, 0.717) is 33.1 Å². The zero-order valence-electron chi connectivity index (χ0n) is 12.6. The summed E-state index contributed by atoms with van der Waals surface area (Å²) in [4.78, 5) is 20.5. The Bertz CT molecular complexity index is 1080. The molecule has 0 fully saturated rings. The lowest BCUT2D eigenvalue weighted by molar-refractivity contribution is 0.373. The molecule has 0 unspecified atom stereocenters. The number of aromatic nitrogens is 2. The number of benzene rings is 1. The van der Waals surface area contributed by atoms with Gasteiger partial charge in [-0.2, -0.15) is 0 Å². The summed E-state index contributed by atoms with van der Waals surface area (Å²) in [5.74, 6) is 1.39. The number of furan rings is 1. The van der Waals surface area contributed by atoms with Crippen LogP contribution in [0.1, 0.15) is 0 Å². The molecule has 0 bridgehead atoms. The number of rotatable bonds is 3. The quantitative estimate of drug-likeness (QED) is 0.594. The number of methoxy groups -OCH3 is 1. The molecule has 0 aliphatic carbocycles. The van der Waals surface area contributed by atoms with Crippen LogP contribution in [0.25, 0.3) is 32.9 Å².